The van der Waals surface area contributed by atoms with E-state index in [1.54, 1.807) is 24.0 Å². The van der Waals surface area contributed by atoms with Crippen LogP contribution in [0.2, 0.25) is 0 Å². The van der Waals surface area contributed by atoms with Crippen LogP contribution in [0.25, 0.3) is 0 Å². The number of benzene rings is 2. The van der Waals surface area contributed by atoms with Gasteiger partial charge in [0.2, 0.25) is 11.7 Å². The van der Waals surface area contributed by atoms with Gasteiger partial charge >= 0.3 is 0 Å². The van der Waals surface area contributed by atoms with Crippen LogP contribution < -0.4 is 21.3 Å². The Hall–Kier alpha value is -3.50. The second kappa shape index (κ2) is 9.55. The first-order valence-electron chi connectivity index (χ1n) is 10.4. The number of halogens is 1. The molecule has 1 atom stereocenters. The number of nitrogen functional groups attached to an aromatic ring is 1. The van der Waals surface area contributed by atoms with Gasteiger partial charge in [0, 0.05) is 30.0 Å². The Balaban J connectivity index is 1.62. The summed E-state index contributed by atoms with van der Waals surface area (Å²) in [6, 6.07) is 12.1. The smallest absolute Gasteiger partial charge is 0.240 e. The number of anilines is 4. The lowest BCUT2D eigenvalue weighted by atomic mass is 10.1. The van der Waals surface area contributed by atoms with E-state index >= 15 is 0 Å². The van der Waals surface area contributed by atoms with E-state index in [1.165, 1.54) is 24.3 Å². The van der Waals surface area contributed by atoms with E-state index in [4.69, 9.17) is 16.2 Å². The maximum Gasteiger partial charge on any atom is 0.240 e. The summed E-state index contributed by atoms with van der Waals surface area (Å²) in [4.78, 5) is 33.4. The summed E-state index contributed by atoms with van der Waals surface area (Å²) in [6.07, 6.45) is 0. The second-order valence-corrected chi connectivity index (χ2v) is 8.59. The Kier molecular flexibility index (Phi) is 6.57. The number of rotatable bonds is 7. The summed E-state index contributed by atoms with van der Waals surface area (Å²) in [7, 11) is 0. The van der Waals surface area contributed by atoms with Crippen molar-refractivity contribution in [2.24, 2.45) is 5.73 Å². The number of nitrogens with zero attached hydrogens (tertiary/aromatic N) is 3. The number of hydrogen-bond donors (Lipinski definition) is 2. The minimum Gasteiger partial charge on any atom is -0.382 e. The average molecular weight is 470 g/mol. The second-order valence-electron chi connectivity index (χ2n) is 7.61. The molecule has 1 amide bonds. The maximum absolute atomic E-state index is 13.4. The zero-order valence-corrected chi connectivity index (χ0v) is 18.8. The molecule has 0 saturated carbocycles. The molecule has 2 aromatic carbocycles. The molecular weight excluding hydrogens is 445 g/mol. The fraction of sp³-hybridized carbons (Fsp3) is 0.261. The van der Waals surface area contributed by atoms with E-state index in [9.17, 15) is 14.0 Å². The van der Waals surface area contributed by atoms with Crippen LogP contribution in [-0.2, 0) is 9.53 Å². The molecule has 172 valence electrons. The minimum absolute atomic E-state index is 0.0565. The molecule has 2 heterocycles. The zero-order valence-electron chi connectivity index (χ0n) is 18.0. The normalized spacial score (nSPS) is 14.7. The summed E-state index contributed by atoms with van der Waals surface area (Å²) in [5.74, 6) is -1.23. The average Bonchev–Trinajstić information content (AvgIpc) is 3.21. The summed E-state index contributed by atoms with van der Waals surface area (Å²) >= 11 is 1.06. The van der Waals surface area contributed by atoms with E-state index in [-0.39, 0.29) is 16.5 Å². The van der Waals surface area contributed by atoms with Gasteiger partial charge in [-0.1, -0.05) is 11.3 Å². The van der Waals surface area contributed by atoms with Crippen LogP contribution in [0.1, 0.15) is 22.2 Å². The molecule has 0 bridgehead atoms. The molecule has 0 radical (unpaired) electrons. The van der Waals surface area contributed by atoms with Crippen molar-refractivity contribution in [1.82, 2.24) is 4.98 Å². The Bertz CT molecular complexity index is 1140. The third-order valence-corrected chi connectivity index (χ3v) is 6.53. The van der Waals surface area contributed by atoms with Gasteiger partial charge < -0.3 is 26.0 Å². The fourth-order valence-corrected chi connectivity index (χ4v) is 4.64. The quantitative estimate of drug-likeness (QED) is 0.511. The van der Waals surface area contributed by atoms with Gasteiger partial charge in [-0.05, 0) is 55.5 Å². The highest BCUT2D eigenvalue weighted by molar-refractivity contribution is 7.18. The van der Waals surface area contributed by atoms with Crippen molar-refractivity contribution < 1.29 is 18.7 Å². The highest BCUT2D eigenvalue weighted by Gasteiger charge is 2.27. The molecule has 3 aromatic rings. The molecular formula is C23H24FN5O3S. The van der Waals surface area contributed by atoms with Gasteiger partial charge in [0.05, 0.1) is 13.2 Å². The van der Waals surface area contributed by atoms with Crippen molar-refractivity contribution in [2.45, 2.75) is 13.0 Å². The topological polar surface area (TPSA) is 115 Å². The third kappa shape index (κ3) is 4.81. The lowest BCUT2D eigenvalue weighted by Gasteiger charge is -2.28. The Morgan fingerprint density at radius 3 is 2.36 bits per heavy atom. The monoisotopic (exact) mass is 469 g/mol. The Morgan fingerprint density at radius 2 is 1.76 bits per heavy atom. The SMILES string of the molecule is CC(C(N)=O)N(c1ccc(F)cc1)c1nc(N)c(C(=O)c2ccc(N3CCOCC3)cc2)s1. The number of amides is 1. The van der Waals surface area contributed by atoms with Crippen molar-refractivity contribution in [3.05, 3.63) is 64.8 Å². The van der Waals surface area contributed by atoms with Crippen molar-refractivity contribution in [3.63, 3.8) is 0 Å². The predicted octanol–water partition coefficient (Wildman–Crippen LogP) is 2.94. The van der Waals surface area contributed by atoms with E-state index in [0.29, 0.717) is 29.6 Å². The molecule has 1 fully saturated rings. The van der Waals surface area contributed by atoms with Crippen LogP contribution in [0, 0.1) is 5.82 Å². The van der Waals surface area contributed by atoms with Gasteiger partial charge in [0.1, 0.15) is 22.6 Å². The number of carbonyl (C=O) groups excluding carboxylic acids is 2. The summed E-state index contributed by atoms with van der Waals surface area (Å²) in [6.45, 7) is 4.56. The van der Waals surface area contributed by atoms with Gasteiger partial charge in [0.15, 0.2) is 5.13 Å². The molecule has 1 saturated heterocycles. The van der Waals surface area contributed by atoms with Crippen LogP contribution >= 0.6 is 11.3 Å². The Labute approximate surface area is 194 Å². The predicted molar refractivity (Wildman–Crippen MR) is 127 cm³/mol. The number of carbonyl (C=O) groups is 2. The number of thiazole rings is 1. The number of ketones is 1. The van der Waals surface area contributed by atoms with Crippen molar-refractivity contribution in [3.8, 4) is 0 Å². The molecule has 1 aromatic heterocycles. The molecule has 1 aliphatic rings. The molecule has 10 heteroatoms. The van der Waals surface area contributed by atoms with Crippen LogP contribution in [0.15, 0.2) is 48.5 Å². The minimum atomic E-state index is -0.795. The van der Waals surface area contributed by atoms with E-state index < -0.39 is 17.8 Å². The van der Waals surface area contributed by atoms with Crippen molar-refractivity contribution >= 4 is 45.4 Å². The summed E-state index contributed by atoms with van der Waals surface area (Å²) in [5.41, 5.74) is 13.6. The molecule has 8 nitrogen and oxygen atoms in total. The van der Waals surface area contributed by atoms with Crippen LogP contribution in [0.3, 0.4) is 0 Å². The first kappa shape index (κ1) is 22.7. The zero-order chi connectivity index (χ0) is 23.5. The molecule has 0 aliphatic carbocycles. The van der Waals surface area contributed by atoms with Crippen molar-refractivity contribution in [1.29, 1.82) is 0 Å². The summed E-state index contributed by atoms with van der Waals surface area (Å²) in [5, 5.41) is 0.318. The van der Waals surface area contributed by atoms with E-state index in [1.807, 2.05) is 12.1 Å². The van der Waals surface area contributed by atoms with Gasteiger partial charge in [-0.25, -0.2) is 9.37 Å². The maximum atomic E-state index is 13.4. The molecule has 4 N–H and O–H groups in total. The van der Waals surface area contributed by atoms with E-state index in [0.717, 1.165) is 30.1 Å². The number of morpholine rings is 1. The number of hydrogen-bond acceptors (Lipinski definition) is 8. The lowest BCUT2D eigenvalue weighted by Crippen LogP contribution is -2.39. The van der Waals surface area contributed by atoms with Gasteiger partial charge in [0.25, 0.3) is 0 Å². The standard InChI is InChI=1S/C23H24FN5O3S/c1-14(22(26)31)29(18-8-4-16(24)5-9-18)23-27-21(25)20(33-23)19(30)15-2-6-17(7-3-15)28-10-12-32-13-11-28/h2-9,14H,10-13,25H2,1H3,(H2,26,31). The van der Waals surface area contributed by atoms with Gasteiger partial charge in [-0.15, -0.1) is 0 Å². The molecule has 0 spiro atoms. The highest BCUT2D eigenvalue weighted by atomic mass is 32.1. The third-order valence-electron chi connectivity index (χ3n) is 5.46. The first-order valence-corrected chi connectivity index (χ1v) is 11.2. The van der Waals surface area contributed by atoms with Gasteiger partial charge in [-0.2, -0.15) is 0 Å². The molecule has 4 rings (SSSR count). The van der Waals surface area contributed by atoms with E-state index in [2.05, 4.69) is 9.88 Å². The lowest BCUT2D eigenvalue weighted by molar-refractivity contribution is -0.118. The number of ether oxygens (including phenoxy) is 1. The number of nitrogens with two attached hydrogens (primary N) is 2. The molecule has 1 unspecified atom stereocenters. The van der Waals surface area contributed by atoms with Crippen LogP contribution in [0.4, 0.5) is 26.7 Å². The largest absolute Gasteiger partial charge is 0.382 e. The highest BCUT2D eigenvalue weighted by Crippen LogP contribution is 2.36. The fourth-order valence-electron chi connectivity index (χ4n) is 3.59. The van der Waals surface area contributed by atoms with Gasteiger partial charge in [-0.3, -0.25) is 9.59 Å². The summed E-state index contributed by atoms with van der Waals surface area (Å²) < 4.78 is 18.8. The van der Waals surface area contributed by atoms with Crippen LogP contribution in [-0.4, -0.2) is 49.0 Å². The first-order chi connectivity index (χ1) is 15.8. The number of primary amides is 1. The number of aromatic nitrogens is 1. The van der Waals surface area contributed by atoms with Crippen LogP contribution in [0.5, 0.6) is 0 Å². The molecule has 1 aliphatic heterocycles. The van der Waals surface area contributed by atoms with Crippen molar-refractivity contribution in [2.75, 3.05) is 41.8 Å². The molecule has 33 heavy (non-hydrogen) atoms. The Morgan fingerprint density at radius 1 is 1.12 bits per heavy atom.